The minimum absolute atomic E-state index is 0.340. The van der Waals surface area contributed by atoms with E-state index in [-0.39, 0.29) is 5.56 Å². The van der Waals surface area contributed by atoms with Gasteiger partial charge in [0.2, 0.25) is 0 Å². The fraction of sp³-hybridized carbons (Fsp3) is 0.111. The third-order valence-electron chi connectivity index (χ3n) is 1.90. The van der Waals surface area contributed by atoms with Gasteiger partial charge in [-0.25, -0.2) is 13.6 Å². The summed E-state index contributed by atoms with van der Waals surface area (Å²) in [6.07, 6.45) is 0. The Morgan fingerprint density at radius 2 is 1.62 bits per heavy atom. The van der Waals surface area contributed by atoms with E-state index in [0.29, 0.717) is 12.1 Å². The molecule has 0 aliphatic carbocycles. The molecule has 1 aromatic rings. The second-order valence-corrected chi connectivity index (χ2v) is 2.98. The molecule has 4 N–H and O–H groups in total. The van der Waals surface area contributed by atoms with Crippen LogP contribution in [0.25, 0.3) is 0 Å². The first kappa shape index (κ1) is 12.1. The quantitative estimate of drug-likeness (QED) is 0.712. The summed E-state index contributed by atoms with van der Waals surface area (Å²) in [6, 6.07) is -0.428. The van der Waals surface area contributed by atoms with Crippen LogP contribution < -0.4 is 5.73 Å². The van der Waals surface area contributed by atoms with Gasteiger partial charge in [-0.1, -0.05) is 0 Å². The monoisotopic (exact) mass is 231 g/mol. The van der Waals surface area contributed by atoms with E-state index in [4.69, 9.17) is 15.9 Å². The van der Waals surface area contributed by atoms with E-state index in [9.17, 15) is 18.4 Å². The predicted octanol–water partition coefficient (Wildman–Crippen LogP) is 0.747. The molecular weight excluding hydrogens is 224 g/mol. The number of benzene rings is 1. The number of nitrogens with two attached hydrogens (primary N) is 1. The van der Waals surface area contributed by atoms with Gasteiger partial charge in [0.1, 0.15) is 23.2 Å². The van der Waals surface area contributed by atoms with Crippen molar-refractivity contribution in [1.29, 1.82) is 0 Å². The van der Waals surface area contributed by atoms with Crippen LogP contribution >= 0.6 is 0 Å². The van der Waals surface area contributed by atoms with Crippen LogP contribution in [-0.2, 0) is 4.79 Å². The van der Waals surface area contributed by atoms with Crippen LogP contribution in [0.2, 0.25) is 0 Å². The first-order chi connectivity index (χ1) is 7.34. The fourth-order valence-corrected chi connectivity index (χ4v) is 1.12. The van der Waals surface area contributed by atoms with Crippen molar-refractivity contribution in [1.82, 2.24) is 0 Å². The molecule has 1 aromatic carbocycles. The van der Waals surface area contributed by atoms with Crippen LogP contribution in [0.15, 0.2) is 12.1 Å². The van der Waals surface area contributed by atoms with Crippen LogP contribution in [0.3, 0.4) is 0 Å². The van der Waals surface area contributed by atoms with Crippen molar-refractivity contribution in [3.63, 3.8) is 0 Å². The Labute approximate surface area is 88.1 Å². The third kappa shape index (κ3) is 2.14. The zero-order valence-electron chi connectivity index (χ0n) is 7.78. The molecule has 0 spiro atoms. The molecule has 0 aliphatic heterocycles. The molecule has 0 heterocycles. The van der Waals surface area contributed by atoms with Crippen molar-refractivity contribution in [3.05, 3.63) is 34.9 Å². The largest absolute Gasteiger partial charge is 0.480 e. The summed E-state index contributed by atoms with van der Waals surface area (Å²) < 4.78 is 26.2. The van der Waals surface area contributed by atoms with E-state index >= 15 is 0 Å². The highest BCUT2D eigenvalue weighted by molar-refractivity contribution is 5.88. The second-order valence-electron chi connectivity index (χ2n) is 2.98. The lowest BCUT2D eigenvalue weighted by molar-refractivity contribution is -0.138. The van der Waals surface area contributed by atoms with Crippen LogP contribution in [0.1, 0.15) is 22.0 Å². The Morgan fingerprint density at radius 1 is 1.19 bits per heavy atom. The van der Waals surface area contributed by atoms with E-state index < -0.39 is 35.2 Å². The minimum Gasteiger partial charge on any atom is -0.480 e. The molecule has 0 saturated heterocycles. The lowest BCUT2D eigenvalue weighted by atomic mass is 10.0. The van der Waals surface area contributed by atoms with Crippen molar-refractivity contribution in [2.45, 2.75) is 6.04 Å². The summed E-state index contributed by atoms with van der Waals surface area (Å²) in [5.74, 6) is -5.97. The maximum absolute atomic E-state index is 13.1. The Morgan fingerprint density at radius 3 is 1.94 bits per heavy atom. The van der Waals surface area contributed by atoms with Crippen LogP contribution in [0.5, 0.6) is 0 Å². The van der Waals surface area contributed by atoms with Gasteiger partial charge in [-0.15, -0.1) is 0 Å². The van der Waals surface area contributed by atoms with Crippen LogP contribution in [-0.4, -0.2) is 22.2 Å². The first-order valence-corrected chi connectivity index (χ1v) is 4.05. The number of hydrogen-bond donors (Lipinski definition) is 3. The smallest absolute Gasteiger partial charge is 0.341 e. The standard InChI is InChI=1S/C9H7F2NO4/c10-4-1-3(7(12)9(15)16)2-5(11)6(4)8(13)14/h1-2,7H,12H2,(H,13,14)(H,15,16). The highest BCUT2D eigenvalue weighted by Gasteiger charge is 2.22. The average Bonchev–Trinajstić information content (AvgIpc) is 2.14. The summed E-state index contributed by atoms with van der Waals surface area (Å²) >= 11 is 0. The van der Waals surface area contributed by atoms with Crippen LogP contribution in [0.4, 0.5) is 8.78 Å². The molecule has 1 rings (SSSR count). The molecule has 16 heavy (non-hydrogen) atoms. The number of carbonyl (C=O) groups is 2. The topological polar surface area (TPSA) is 101 Å². The molecule has 0 fully saturated rings. The average molecular weight is 231 g/mol. The van der Waals surface area contributed by atoms with Crippen molar-refractivity contribution in [3.8, 4) is 0 Å². The molecule has 86 valence electrons. The Bertz CT molecular complexity index is 438. The predicted molar refractivity (Wildman–Crippen MR) is 47.9 cm³/mol. The zero-order valence-corrected chi connectivity index (χ0v) is 7.78. The molecular formula is C9H7F2NO4. The molecule has 7 heteroatoms. The van der Waals surface area contributed by atoms with Gasteiger partial charge in [-0.3, -0.25) is 4.79 Å². The highest BCUT2D eigenvalue weighted by Crippen LogP contribution is 2.19. The number of carboxylic acid groups (broad SMARTS) is 2. The van der Waals surface area contributed by atoms with E-state index in [1.165, 1.54) is 0 Å². The SMILES string of the molecule is NC(C(=O)O)c1cc(F)c(C(=O)O)c(F)c1. The number of carboxylic acids is 2. The van der Waals surface area contributed by atoms with Crippen molar-refractivity contribution in [2.75, 3.05) is 0 Å². The molecule has 0 radical (unpaired) electrons. The van der Waals surface area contributed by atoms with Crippen molar-refractivity contribution < 1.29 is 28.6 Å². The minimum atomic E-state index is -1.77. The van der Waals surface area contributed by atoms with Crippen LogP contribution in [0, 0.1) is 11.6 Å². The first-order valence-electron chi connectivity index (χ1n) is 4.05. The summed E-state index contributed by atoms with van der Waals surface area (Å²) in [5, 5.41) is 17.0. The summed E-state index contributed by atoms with van der Waals surface area (Å²) in [7, 11) is 0. The van der Waals surface area contributed by atoms with E-state index in [0.717, 1.165) is 0 Å². The maximum Gasteiger partial charge on any atom is 0.341 e. The number of rotatable bonds is 3. The van der Waals surface area contributed by atoms with Gasteiger partial charge in [-0.2, -0.15) is 0 Å². The molecule has 1 atom stereocenters. The zero-order chi connectivity index (χ0) is 12.5. The lowest BCUT2D eigenvalue weighted by Crippen LogP contribution is -2.21. The molecule has 0 aromatic heterocycles. The molecule has 0 bridgehead atoms. The molecule has 0 amide bonds. The Kier molecular flexibility index (Phi) is 3.19. The van der Waals surface area contributed by atoms with Crippen molar-refractivity contribution >= 4 is 11.9 Å². The summed E-state index contributed by atoms with van der Waals surface area (Å²) in [4.78, 5) is 20.9. The molecule has 0 aliphatic rings. The maximum atomic E-state index is 13.1. The van der Waals surface area contributed by atoms with Gasteiger partial charge >= 0.3 is 11.9 Å². The molecule has 0 saturated carbocycles. The van der Waals surface area contributed by atoms with Gasteiger partial charge in [0, 0.05) is 0 Å². The van der Waals surface area contributed by atoms with Gasteiger partial charge in [0.25, 0.3) is 0 Å². The number of hydrogen-bond acceptors (Lipinski definition) is 3. The number of aliphatic carboxylic acids is 1. The fourth-order valence-electron chi connectivity index (χ4n) is 1.12. The summed E-state index contributed by atoms with van der Waals surface area (Å²) in [5.41, 5.74) is 3.64. The van der Waals surface area contributed by atoms with E-state index in [2.05, 4.69) is 0 Å². The van der Waals surface area contributed by atoms with Gasteiger partial charge in [0.05, 0.1) is 0 Å². The van der Waals surface area contributed by atoms with Gasteiger partial charge in [-0.05, 0) is 17.7 Å². The van der Waals surface area contributed by atoms with E-state index in [1.807, 2.05) is 0 Å². The Hall–Kier alpha value is -2.02. The summed E-state index contributed by atoms with van der Waals surface area (Å²) in [6.45, 7) is 0. The molecule has 5 nitrogen and oxygen atoms in total. The lowest BCUT2D eigenvalue weighted by Gasteiger charge is -2.08. The normalized spacial score (nSPS) is 12.2. The Balaban J connectivity index is 3.30. The third-order valence-corrected chi connectivity index (χ3v) is 1.90. The van der Waals surface area contributed by atoms with Crippen molar-refractivity contribution in [2.24, 2.45) is 5.73 Å². The number of halogens is 2. The van der Waals surface area contributed by atoms with Gasteiger partial charge < -0.3 is 15.9 Å². The highest BCUT2D eigenvalue weighted by atomic mass is 19.1. The second kappa shape index (κ2) is 4.23. The van der Waals surface area contributed by atoms with Gasteiger partial charge in [0.15, 0.2) is 0 Å². The van der Waals surface area contributed by atoms with E-state index in [1.54, 1.807) is 0 Å². The molecule has 1 unspecified atom stereocenters. The number of aromatic carboxylic acids is 1.